The lowest BCUT2D eigenvalue weighted by Gasteiger charge is -2.03. The average Bonchev–Trinajstić information content (AvgIpc) is 2.06. The Morgan fingerprint density at radius 1 is 1.67 bits per heavy atom. The molecule has 0 bridgehead atoms. The summed E-state index contributed by atoms with van der Waals surface area (Å²) in [6.45, 7) is 1.52. The van der Waals surface area contributed by atoms with Crippen LogP contribution in [-0.2, 0) is 9.18 Å². The zero-order valence-corrected chi connectivity index (χ0v) is 7.34. The van der Waals surface area contributed by atoms with Crippen molar-refractivity contribution in [1.29, 1.82) is 0 Å². The van der Waals surface area contributed by atoms with Gasteiger partial charge < -0.3 is 0 Å². The quantitative estimate of drug-likeness (QED) is 0.617. The number of carbonyl (C=O) groups is 1. The molecule has 1 aliphatic rings. The molecule has 0 aromatic heterocycles. The van der Waals surface area contributed by atoms with Crippen molar-refractivity contribution in [2.45, 2.75) is 13.3 Å². The van der Waals surface area contributed by atoms with Crippen molar-refractivity contribution in [3.63, 3.8) is 0 Å². The second kappa shape index (κ2) is 4.07. The summed E-state index contributed by atoms with van der Waals surface area (Å²) in [5.41, 5.74) is 1.40. The first-order chi connectivity index (χ1) is 5.74. The van der Waals surface area contributed by atoms with Crippen LogP contribution in [0.4, 0.5) is 0 Å². The SMILES string of the molecule is CC(=O)C1=CCC(=NOCl)C=C1. The fourth-order valence-electron chi connectivity index (χ4n) is 0.910. The van der Waals surface area contributed by atoms with Crippen LogP contribution in [0.25, 0.3) is 0 Å². The molecule has 0 saturated carbocycles. The normalized spacial score (nSPS) is 19.2. The van der Waals surface area contributed by atoms with Crippen LogP contribution in [0, 0.1) is 0 Å². The van der Waals surface area contributed by atoms with E-state index in [2.05, 4.69) is 9.55 Å². The van der Waals surface area contributed by atoms with Crippen LogP contribution in [0.1, 0.15) is 13.3 Å². The first-order valence-electron chi connectivity index (χ1n) is 3.48. The minimum atomic E-state index is 0.0529. The number of oxime groups is 1. The van der Waals surface area contributed by atoms with Crippen molar-refractivity contribution in [1.82, 2.24) is 0 Å². The largest absolute Gasteiger partial charge is 0.295 e. The van der Waals surface area contributed by atoms with E-state index in [1.165, 1.54) is 6.92 Å². The highest BCUT2D eigenvalue weighted by molar-refractivity contribution is 6.08. The van der Waals surface area contributed by atoms with Crippen molar-refractivity contribution in [2.24, 2.45) is 5.16 Å². The summed E-state index contributed by atoms with van der Waals surface area (Å²) in [5, 5.41) is 3.52. The summed E-state index contributed by atoms with van der Waals surface area (Å²) in [6, 6.07) is 0. The highest BCUT2D eigenvalue weighted by Gasteiger charge is 2.05. The van der Waals surface area contributed by atoms with E-state index < -0.39 is 0 Å². The Morgan fingerprint density at radius 3 is 2.83 bits per heavy atom. The van der Waals surface area contributed by atoms with E-state index in [9.17, 15) is 4.79 Å². The third-order valence-corrected chi connectivity index (χ3v) is 1.61. The molecule has 12 heavy (non-hydrogen) atoms. The molecule has 0 atom stereocenters. The van der Waals surface area contributed by atoms with Crippen LogP contribution in [0.2, 0.25) is 0 Å². The molecule has 4 heteroatoms. The number of Topliss-reactive ketones (excluding diaryl/α,β-unsaturated/α-hetero) is 1. The first kappa shape index (κ1) is 9.00. The van der Waals surface area contributed by atoms with Gasteiger partial charge in [0.05, 0.1) is 5.71 Å². The van der Waals surface area contributed by atoms with Gasteiger partial charge in [0.25, 0.3) is 0 Å². The van der Waals surface area contributed by atoms with E-state index in [1.54, 1.807) is 18.2 Å². The number of hydrogen-bond donors (Lipinski definition) is 0. The van der Waals surface area contributed by atoms with Crippen LogP contribution < -0.4 is 0 Å². The Morgan fingerprint density at radius 2 is 2.42 bits per heavy atom. The van der Waals surface area contributed by atoms with Crippen molar-refractivity contribution < 1.29 is 9.18 Å². The van der Waals surface area contributed by atoms with Crippen LogP contribution >= 0.6 is 11.9 Å². The van der Waals surface area contributed by atoms with E-state index in [0.717, 1.165) is 0 Å². The van der Waals surface area contributed by atoms with E-state index in [-0.39, 0.29) is 5.78 Å². The lowest BCUT2D eigenvalue weighted by atomic mass is 10.0. The van der Waals surface area contributed by atoms with Gasteiger partial charge in [-0.15, -0.1) is 0 Å². The standard InChI is InChI=1S/C8H8ClNO2/c1-6(11)7-2-4-8(5-3-7)10-12-9/h2-4H,5H2,1H3. The predicted molar refractivity (Wildman–Crippen MR) is 46.9 cm³/mol. The molecule has 0 aliphatic heterocycles. The second-order valence-electron chi connectivity index (χ2n) is 2.40. The summed E-state index contributed by atoms with van der Waals surface area (Å²) in [4.78, 5) is 10.8. The topological polar surface area (TPSA) is 38.7 Å². The Bertz CT molecular complexity index is 279. The highest BCUT2D eigenvalue weighted by Crippen LogP contribution is 2.09. The van der Waals surface area contributed by atoms with Crippen LogP contribution in [-0.4, -0.2) is 11.5 Å². The molecule has 0 fully saturated rings. The van der Waals surface area contributed by atoms with Crippen LogP contribution in [0.3, 0.4) is 0 Å². The molecule has 1 aliphatic carbocycles. The average molecular weight is 186 g/mol. The minimum absolute atomic E-state index is 0.0529. The van der Waals surface area contributed by atoms with Crippen molar-refractivity contribution in [3.05, 3.63) is 23.8 Å². The van der Waals surface area contributed by atoms with Gasteiger partial charge in [-0.3, -0.25) is 9.18 Å². The zero-order valence-electron chi connectivity index (χ0n) is 6.58. The lowest BCUT2D eigenvalue weighted by Crippen LogP contribution is -2.02. The molecule has 0 spiro atoms. The molecular formula is C8H8ClNO2. The van der Waals surface area contributed by atoms with Crippen molar-refractivity contribution in [3.8, 4) is 0 Å². The number of rotatable bonds is 2. The molecule has 0 unspecified atom stereocenters. The summed E-state index contributed by atoms with van der Waals surface area (Å²) >= 11 is 4.92. The molecular weight excluding hydrogens is 178 g/mol. The number of hydrogen-bond acceptors (Lipinski definition) is 3. The van der Waals surface area contributed by atoms with E-state index in [4.69, 9.17) is 11.9 Å². The summed E-state index contributed by atoms with van der Waals surface area (Å²) in [7, 11) is 0. The van der Waals surface area contributed by atoms with Gasteiger partial charge >= 0.3 is 0 Å². The highest BCUT2D eigenvalue weighted by atomic mass is 35.5. The molecule has 64 valence electrons. The molecule has 0 radical (unpaired) electrons. The van der Waals surface area contributed by atoms with Crippen molar-refractivity contribution in [2.75, 3.05) is 0 Å². The minimum Gasteiger partial charge on any atom is -0.295 e. The molecule has 1 rings (SSSR count). The number of nitrogens with zero attached hydrogens (tertiary/aromatic N) is 1. The van der Waals surface area contributed by atoms with Gasteiger partial charge in [-0.05, 0) is 19.1 Å². The van der Waals surface area contributed by atoms with Gasteiger partial charge in [0, 0.05) is 12.0 Å². The van der Waals surface area contributed by atoms with Crippen molar-refractivity contribution >= 4 is 23.4 Å². The Hall–Kier alpha value is -1.09. The molecule has 0 amide bonds. The Kier molecular flexibility index (Phi) is 3.05. The van der Waals surface area contributed by atoms with E-state index in [1.807, 2.05) is 0 Å². The van der Waals surface area contributed by atoms with E-state index in [0.29, 0.717) is 17.7 Å². The molecule has 0 aromatic rings. The lowest BCUT2D eigenvalue weighted by molar-refractivity contribution is -0.113. The maximum Gasteiger partial charge on any atom is 0.167 e. The van der Waals surface area contributed by atoms with Gasteiger partial charge in [0.1, 0.15) is 0 Å². The number of carbonyl (C=O) groups excluding carboxylic acids is 1. The van der Waals surface area contributed by atoms with Gasteiger partial charge in [-0.25, -0.2) is 0 Å². The fraction of sp³-hybridized carbons (Fsp3) is 0.250. The number of allylic oxidation sites excluding steroid dienone is 4. The third kappa shape index (κ3) is 2.20. The van der Waals surface area contributed by atoms with Crippen LogP contribution in [0.5, 0.6) is 0 Å². The smallest absolute Gasteiger partial charge is 0.167 e. The first-order valence-corrected chi connectivity index (χ1v) is 3.78. The van der Waals surface area contributed by atoms with Crippen LogP contribution in [0.15, 0.2) is 29.0 Å². The zero-order chi connectivity index (χ0) is 8.97. The maximum absolute atomic E-state index is 10.8. The number of halogens is 1. The van der Waals surface area contributed by atoms with Gasteiger partial charge in [0.15, 0.2) is 17.6 Å². The third-order valence-electron chi connectivity index (χ3n) is 1.54. The predicted octanol–water partition coefficient (Wildman–Crippen LogP) is 1.99. The summed E-state index contributed by atoms with van der Waals surface area (Å²) in [6.07, 6.45) is 5.77. The van der Waals surface area contributed by atoms with Gasteiger partial charge in [-0.1, -0.05) is 11.2 Å². The molecule has 0 aromatic carbocycles. The second-order valence-corrected chi connectivity index (χ2v) is 2.54. The fourth-order valence-corrected chi connectivity index (χ4v) is 0.998. The van der Waals surface area contributed by atoms with E-state index >= 15 is 0 Å². The molecule has 0 N–H and O–H groups in total. The molecule has 0 heterocycles. The number of ketones is 1. The molecule has 3 nitrogen and oxygen atoms in total. The Labute approximate surface area is 75.5 Å². The summed E-state index contributed by atoms with van der Waals surface area (Å²) < 4.78 is 4.07. The Balaban J connectivity index is 2.68. The van der Waals surface area contributed by atoms with Gasteiger partial charge in [-0.2, -0.15) is 0 Å². The monoisotopic (exact) mass is 185 g/mol. The summed E-state index contributed by atoms with van der Waals surface area (Å²) in [5.74, 6) is 0.0529. The van der Waals surface area contributed by atoms with Gasteiger partial charge in [0.2, 0.25) is 0 Å². The molecule has 0 saturated heterocycles. The maximum atomic E-state index is 10.8.